The van der Waals surface area contributed by atoms with Crippen LogP contribution in [0.4, 0.5) is 0 Å². The molecule has 0 heterocycles. The van der Waals surface area contributed by atoms with Crippen molar-refractivity contribution in [1.82, 2.24) is 0 Å². The first-order chi connectivity index (χ1) is 5.78. The van der Waals surface area contributed by atoms with Gasteiger partial charge in [0.05, 0.1) is 12.8 Å². The van der Waals surface area contributed by atoms with E-state index in [2.05, 4.69) is 0 Å². The number of rotatable bonds is 5. The summed E-state index contributed by atoms with van der Waals surface area (Å²) in [5.41, 5.74) is -2.74. The van der Waals surface area contributed by atoms with Crippen LogP contribution in [0.15, 0.2) is 0 Å². The minimum atomic E-state index is -2.74. The van der Waals surface area contributed by atoms with E-state index in [1.54, 1.807) is 0 Å². The molecule has 92 valence electrons. The van der Waals surface area contributed by atoms with Gasteiger partial charge >= 0.3 is 89.6 Å². The van der Waals surface area contributed by atoms with Gasteiger partial charge < -0.3 is 20.4 Å². The number of hydrogen-bond donors (Lipinski definition) is 4. The number of aliphatic carboxylic acids is 3. The predicted molar refractivity (Wildman–Crippen MR) is 62.7 cm³/mol. The number of hydrogen-bond acceptors (Lipinski definition) is 4. The predicted octanol–water partition coefficient (Wildman–Crippen LogP) is -4.00. The average Bonchev–Trinajstić information content (AvgIpc) is 1.82. The second-order valence-corrected chi connectivity index (χ2v) is 2.48. The van der Waals surface area contributed by atoms with Gasteiger partial charge in [-0.05, 0) is 0 Å². The van der Waals surface area contributed by atoms with Crippen molar-refractivity contribution in [3.05, 3.63) is 0 Å². The van der Waals surface area contributed by atoms with E-state index < -0.39 is 36.4 Å². The van der Waals surface area contributed by atoms with Gasteiger partial charge in [0.15, 0.2) is 5.60 Å². The van der Waals surface area contributed by atoms with Gasteiger partial charge in [0.1, 0.15) is 0 Å². The summed E-state index contributed by atoms with van der Waals surface area (Å²) in [7, 11) is 0. The average molecular weight is 554 g/mol. The molecule has 7 nitrogen and oxygen atoms in total. The van der Waals surface area contributed by atoms with E-state index in [4.69, 9.17) is 20.4 Å². The molecule has 0 rings (SSSR count). The van der Waals surface area contributed by atoms with Crippen LogP contribution < -0.4 is 0 Å². The number of aliphatic hydroxyl groups is 1. The van der Waals surface area contributed by atoms with E-state index in [0.29, 0.717) is 0 Å². The molecule has 0 aliphatic carbocycles. The summed E-state index contributed by atoms with van der Waals surface area (Å²) in [5.74, 6) is -5.02. The maximum absolute atomic E-state index is 10.3. The Hall–Kier alpha value is 0.766. The quantitative estimate of drug-likeness (QED) is 0.255. The van der Waals surface area contributed by atoms with Crippen LogP contribution in [0.25, 0.3) is 0 Å². The molecular formula is C6H14O7Sn3. The van der Waals surface area contributed by atoms with Crippen molar-refractivity contribution in [3.63, 3.8) is 0 Å². The molecule has 0 aromatic heterocycles. The summed E-state index contributed by atoms with van der Waals surface area (Å²) in [6, 6.07) is 0. The first-order valence-electron chi connectivity index (χ1n) is 3.17. The van der Waals surface area contributed by atoms with E-state index in [-0.39, 0.29) is 71.7 Å². The fourth-order valence-corrected chi connectivity index (χ4v) is 0.714. The van der Waals surface area contributed by atoms with Crippen LogP contribution in [0.1, 0.15) is 12.8 Å². The van der Waals surface area contributed by atoms with Crippen LogP contribution in [0.3, 0.4) is 0 Å². The van der Waals surface area contributed by atoms with Gasteiger partial charge in [-0.25, -0.2) is 4.79 Å². The van der Waals surface area contributed by atoms with Crippen LogP contribution in [-0.2, 0) is 14.4 Å². The molecule has 0 bridgehead atoms. The van der Waals surface area contributed by atoms with E-state index in [0.717, 1.165) is 0 Å². The number of carbonyl (C=O) groups is 3. The van der Waals surface area contributed by atoms with Gasteiger partial charge in [-0.2, -0.15) is 0 Å². The fraction of sp³-hybridized carbons (Fsp3) is 0.500. The normalized spacial score (nSPS) is 8.81. The Labute approximate surface area is 141 Å². The molecule has 0 unspecified atom stereocenters. The van der Waals surface area contributed by atoms with Crippen molar-refractivity contribution < 1.29 is 34.8 Å². The van der Waals surface area contributed by atoms with Gasteiger partial charge in [0, 0.05) is 0 Å². The summed E-state index contributed by atoms with van der Waals surface area (Å²) in [5, 5.41) is 33.8. The van der Waals surface area contributed by atoms with Crippen molar-refractivity contribution in [3.8, 4) is 0 Å². The van der Waals surface area contributed by atoms with Gasteiger partial charge in [0.25, 0.3) is 0 Å². The summed E-state index contributed by atoms with van der Waals surface area (Å²) in [6.45, 7) is 0. The van der Waals surface area contributed by atoms with E-state index >= 15 is 0 Å². The first-order valence-corrected chi connectivity index (χ1v) is 3.17. The summed E-state index contributed by atoms with van der Waals surface area (Å²) < 4.78 is 0. The molecule has 0 saturated heterocycles. The molecule has 0 aliphatic rings. The Kier molecular flexibility index (Phi) is 17.4. The number of carboxylic acids is 3. The Morgan fingerprint density at radius 1 is 0.812 bits per heavy atom. The second-order valence-electron chi connectivity index (χ2n) is 2.48. The molecule has 0 aromatic carbocycles. The molecule has 0 spiro atoms. The van der Waals surface area contributed by atoms with E-state index in [1.807, 2.05) is 0 Å². The summed E-state index contributed by atoms with van der Waals surface area (Å²) in [4.78, 5) is 30.5. The zero-order valence-corrected chi connectivity index (χ0v) is 20.7. The van der Waals surface area contributed by atoms with Crippen LogP contribution >= 0.6 is 0 Å². The molecular weight excluding hydrogens is 540 g/mol. The van der Waals surface area contributed by atoms with Gasteiger partial charge in [0.2, 0.25) is 0 Å². The number of carboxylic acid groups (broad SMARTS) is 3. The molecule has 16 heavy (non-hydrogen) atoms. The van der Waals surface area contributed by atoms with Crippen molar-refractivity contribution in [2.24, 2.45) is 0 Å². The minimum absolute atomic E-state index is 0. The molecule has 0 atom stereocenters. The van der Waals surface area contributed by atoms with Gasteiger partial charge in [-0.3, -0.25) is 9.59 Å². The molecule has 0 amide bonds. The van der Waals surface area contributed by atoms with Crippen molar-refractivity contribution in [2.45, 2.75) is 18.4 Å². The van der Waals surface area contributed by atoms with Crippen LogP contribution in [0, 0.1) is 0 Å². The molecule has 4 N–H and O–H groups in total. The van der Waals surface area contributed by atoms with Crippen molar-refractivity contribution in [1.29, 1.82) is 0 Å². The van der Waals surface area contributed by atoms with Crippen LogP contribution in [-0.4, -0.2) is 116 Å². The SMILES string of the molecule is O=C(O)CC(O)(CC(=O)O)C(=O)O.[SnH2].[SnH2].[SnH2]. The molecule has 6 radical (unpaired) electrons. The maximum atomic E-state index is 10.3. The Bertz CT molecular complexity index is 239. The Balaban J connectivity index is -0.000000240. The zero-order chi connectivity index (χ0) is 10.6. The zero-order valence-electron chi connectivity index (χ0n) is 8.55. The third-order valence-corrected chi connectivity index (χ3v) is 1.29. The summed E-state index contributed by atoms with van der Waals surface area (Å²) in [6.07, 6.45) is -2.29. The van der Waals surface area contributed by atoms with Crippen LogP contribution in [0.5, 0.6) is 0 Å². The third-order valence-electron chi connectivity index (χ3n) is 1.29. The first kappa shape index (κ1) is 25.6. The standard InChI is InChI=1S/C6H8O7.3Sn.6H/c7-3(8)1-6(13,5(11)12)2-4(9)10;;;;;;;;;/h13H,1-2H2,(H,7,8)(H,9,10)(H,11,12);;;;;;;;;. The molecule has 0 aliphatic heterocycles. The topological polar surface area (TPSA) is 132 Å². The Morgan fingerprint density at radius 2 is 1.06 bits per heavy atom. The summed E-state index contributed by atoms with van der Waals surface area (Å²) >= 11 is 0. The van der Waals surface area contributed by atoms with Gasteiger partial charge in [-0.15, -0.1) is 0 Å². The monoisotopic (exact) mass is 558 g/mol. The Morgan fingerprint density at radius 3 is 1.19 bits per heavy atom. The van der Waals surface area contributed by atoms with Gasteiger partial charge in [-0.1, -0.05) is 0 Å². The molecule has 0 fully saturated rings. The second kappa shape index (κ2) is 10.9. The van der Waals surface area contributed by atoms with E-state index in [9.17, 15) is 14.4 Å². The van der Waals surface area contributed by atoms with Crippen molar-refractivity contribution in [2.75, 3.05) is 0 Å². The molecule has 10 heteroatoms. The van der Waals surface area contributed by atoms with E-state index in [1.165, 1.54) is 0 Å². The van der Waals surface area contributed by atoms with Crippen LogP contribution in [0.2, 0.25) is 0 Å². The third kappa shape index (κ3) is 9.95. The van der Waals surface area contributed by atoms with Crippen molar-refractivity contribution >= 4 is 89.6 Å². The fourth-order valence-electron chi connectivity index (χ4n) is 0.714. The molecule has 0 saturated carbocycles. The molecule has 0 aromatic rings.